The van der Waals surface area contributed by atoms with Gasteiger partial charge in [-0.2, -0.15) is 0 Å². The van der Waals surface area contributed by atoms with E-state index in [4.69, 9.17) is 0 Å². The van der Waals surface area contributed by atoms with E-state index in [9.17, 15) is 14.7 Å². The van der Waals surface area contributed by atoms with E-state index in [1.165, 1.54) is 18.3 Å². The molecule has 0 bridgehead atoms. The monoisotopic (exact) mass is 289 g/mol. The number of aliphatic hydroxyl groups is 1. The number of ketones is 1. The molecule has 2 N–H and O–H groups in total. The third kappa shape index (κ3) is 3.31. The van der Waals surface area contributed by atoms with Crippen LogP contribution in [0.3, 0.4) is 0 Å². The summed E-state index contributed by atoms with van der Waals surface area (Å²) in [4.78, 5) is 23.8. The number of rotatable bonds is 5. The minimum atomic E-state index is -0.452. The highest BCUT2D eigenvalue weighted by molar-refractivity contribution is 7.12. The van der Waals surface area contributed by atoms with Gasteiger partial charge in [0, 0.05) is 10.9 Å². The van der Waals surface area contributed by atoms with Gasteiger partial charge in [0.25, 0.3) is 5.91 Å². The molecule has 4 nitrogen and oxygen atoms in total. The van der Waals surface area contributed by atoms with Crippen molar-refractivity contribution in [1.82, 2.24) is 5.32 Å². The second kappa shape index (κ2) is 6.45. The molecular formula is C15H15NO3S. The van der Waals surface area contributed by atoms with Crippen LogP contribution in [-0.4, -0.2) is 23.4 Å². The second-order valence-corrected chi connectivity index (χ2v) is 5.29. The fourth-order valence-corrected chi connectivity index (χ4v) is 2.64. The molecule has 1 atom stereocenters. The Kier molecular flexibility index (Phi) is 4.65. The smallest absolute Gasteiger partial charge is 0.261 e. The quantitative estimate of drug-likeness (QED) is 0.831. The van der Waals surface area contributed by atoms with E-state index in [2.05, 4.69) is 5.32 Å². The first kappa shape index (κ1) is 14.4. The van der Waals surface area contributed by atoms with Gasteiger partial charge in [-0.25, -0.2) is 0 Å². The predicted octanol–water partition coefficient (Wildman–Crippen LogP) is 2.41. The van der Waals surface area contributed by atoms with E-state index in [1.54, 1.807) is 11.4 Å². The lowest BCUT2D eigenvalue weighted by Gasteiger charge is -2.16. The molecule has 1 aromatic carbocycles. The van der Waals surface area contributed by atoms with Crippen LogP contribution in [0.1, 0.15) is 38.6 Å². The predicted molar refractivity (Wildman–Crippen MR) is 78.1 cm³/mol. The van der Waals surface area contributed by atoms with Gasteiger partial charge >= 0.3 is 0 Å². The average Bonchev–Trinajstić information content (AvgIpc) is 2.95. The zero-order chi connectivity index (χ0) is 14.5. The summed E-state index contributed by atoms with van der Waals surface area (Å²) in [6.45, 7) is 1.28. The van der Waals surface area contributed by atoms with Crippen LogP contribution in [0, 0.1) is 0 Å². The van der Waals surface area contributed by atoms with Gasteiger partial charge in [0.15, 0.2) is 5.78 Å². The maximum absolute atomic E-state index is 12.1. The SMILES string of the molecule is CC(=O)c1csc(C(=O)N[C@@H](CO)c2ccccc2)c1. The Morgan fingerprint density at radius 1 is 1.30 bits per heavy atom. The van der Waals surface area contributed by atoms with Crippen LogP contribution < -0.4 is 5.32 Å². The number of Topliss-reactive ketones (excluding diaryl/α,β-unsaturated/α-hetero) is 1. The molecule has 2 aromatic rings. The van der Waals surface area contributed by atoms with Crippen LogP contribution in [-0.2, 0) is 0 Å². The molecule has 0 unspecified atom stereocenters. The number of hydrogen-bond acceptors (Lipinski definition) is 4. The Hall–Kier alpha value is -1.98. The minimum absolute atomic E-state index is 0.0675. The Labute approximate surface area is 121 Å². The minimum Gasteiger partial charge on any atom is -0.394 e. The number of benzene rings is 1. The lowest BCUT2D eigenvalue weighted by molar-refractivity contribution is 0.0920. The van der Waals surface area contributed by atoms with Crippen molar-refractivity contribution in [1.29, 1.82) is 0 Å². The summed E-state index contributed by atoms with van der Waals surface area (Å²) < 4.78 is 0. The van der Waals surface area contributed by atoms with Crippen molar-refractivity contribution in [3.05, 3.63) is 57.8 Å². The molecule has 0 aliphatic heterocycles. The molecule has 2 rings (SSSR count). The highest BCUT2D eigenvalue weighted by Crippen LogP contribution is 2.18. The highest BCUT2D eigenvalue weighted by Gasteiger charge is 2.16. The lowest BCUT2D eigenvalue weighted by Crippen LogP contribution is -2.30. The molecule has 1 amide bonds. The molecule has 0 radical (unpaired) electrons. The van der Waals surface area contributed by atoms with Gasteiger partial charge in [0.2, 0.25) is 0 Å². The Bertz CT molecular complexity index is 607. The van der Waals surface area contributed by atoms with Crippen molar-refractivity contribution in [2.24, 2.45) is 0 Å². The summed E-state index contributed by atoms with van der Waals surface area (Å²) in [5.41, 5.74) is 1.37. The third-order valence-electron chi connectivity index (χ3n) is 2.92. The van der Waals surface area contributed by atoms with E-state index in [-0.39, 0.29) is 18.3 Å². The third-order valence-corrected chi connectivity index (χ3v) is 3.85. The topological polar surface area (TPSA) is 66.4 Å². The van der Waals surface area contributed by atoms with Gasteiger partial charge in [0.1, 0.15) is 0 Å². The summed E-state index contributed by atoms with van der Waals surface area (Å²) in [6, 6.07) is 10.4. The molecular weight excluding hydrogens is 274 g/mol. The Balaban J connectivity index is 2.11. The number of amides is 1. The summed E-state index contributed by atoms with van der Waals surface area (Å²) in [6.07, 6.45) is 0. The average molecular weight is 289 g/mol. The van der Waals surface area contributed by atoms with Crippen molar-refractivity contribution < 1.29 is 14.7 Å². The van der Waals surface area contributed by atoms with Crippen LogP contribution in [0.5, 0.6) is 0 Å². The van der Waals surface area contributed by atoms with E-state index in [0.29, 0.717) is 10.4 Å². The Morgan fingerprint density at radius 3 is 2.55 bits per heavy atom. The normalized spacial score (nSPS) is 11.9. The molecule has 0 saturated heterocycles. The number of carbonyl (C=O) groups excluding carboxylic acids is 2. The zero-order valence-corrected chi connectivity index (χ0v) is 11.8. The highest BCUT2D eigenvalue weighted by atomic mass is 32.1. The number of hydrogen-bond donors (Lipinski definition) is 2. The fraction of sp³-hybridized carbons (Fsp3) is 0.200. The molecule has 104 valence electrons. The molecule has 20 heavy (non-hydrogen) atoms. The lowest BCUT2D eigenvalue weighted by atomic mass is 10.1. The maximum atomic E-state index is 12.1. The van der Waals surface area contributed by atoms with Gasteiger partial charge in [0.05, 0.1) is 17.5 Å². The summed E-state index contributed by atoms with van der Waals surface area (Å²) >= 11 is 1.22. The molecule has 0 fully saturated rings. The number of nitrogens with one attached hydrogen (secondary N) is 1. The molecule has 5 heteroatoms. The van der Waals surface area contributed by atoms with Crippen LogP contribution in [0.25, 0.3) is 0 Å². The van der Waals surface area contributed by atoms with Crippen LogP contribution >= 0.6 is 11.3 Å². The van der Waals surface area contributed by atoms with E-state index in [1.807, 2.05) is 30.3 Å². The summed E-state index contributed by atoms with van der Waals surface area (Å²) in [7, 11) is 0. The van der Waals surface area contributed by atoms with E-state index in [0.717, 1.165) is 5.56 Å². The molecule has 0 saturated carbocycles. The molecule has 0 spiro atoms. The molecule has 1 heterocycles. The molecule has 0 aliphatic rings. The van der Waals surface area contributed by atoms with Crippen LogP contribution in [0.4, 0.5) is 0 Å². The second-order valence-electron chi connectivity index (χ2n) is 4.38. The van der Waals surface area contributed by atoms with Crippen molar-refractivity contribution in [2.45, 2.75) is 13.0 Å². The van der Waals surface area contributed by atoms with Gasteiger partial charge in [-0.1, -0.05) is 30.3 Å². The summed E-state index contributed by atoms with van der Waals surface area (Å²) in [5.74, 6) is -0.354. The molecule has 0 aliphatic carbocycles. The standard InChI is InChI=1S/C15H15NO3S/c1-10(18)12-7-14(20-9-12)15(19)16-13(8-17)11-5-3-2-4-6-11/h2-7,9,13,17H,8H2,1H3,(H,16,19)/t13-/m0/s1. The van der Waals surface area contributed by atoms with Gasteiger partial charge in [-0.15, -0.1) is 11.3 Å². The summed E-state index contributed by atoms with van der Waals surface area (Å²) in [5, 5.41) is 13.8. The first-order valence-electron chi connectivity index (χ1n) is 6.18. The largest absolute Gasteiger partial charge is 0.394 e. The van der Waals surface area contributed by atoms with Gasteiger partial charge in [-0.3, -0.25) is 9.59 Å². The van der Waals surface area contributed by atoms with Crippen LogP contribution in [0.15, 0.2) is 41.8 Å². The van der Waals surface area contributed by atoms with Gasteiger partial charge < -0.3 is 10.4 Å². The van der Waals surface area contributed by atoms with Crippen molar-refractivity contribution in [2.75, 3.05) is 6.61 Å². The van der Waals surface area contributed by atoms with E-state index >= 15 is 0 Å². The first-order valence-corrected chi connectivity index (χ1v) is 7.06. The molecule has 1 aromatic heterocycles. The number of carbonyl (C=O) groups is 2. The van der Waals surface area contributed by atoms with Crippen molar-refractivity contribution in [3.63, 3.8) is 0 Å². The zero-order valence-electron chi connectivity index (χ0n) is 11.0. The van der Waals surface area contributed by atoms with Crippen LogP contribution in [0.2, 0.25) is 0 Å². The first-order chi connectivity index (χ1) is 9.61. The van der Waals surface area contributed by atoms with E-state index < -0.39 is 6.04 Å². The maximum Gasteiger partial charge on any atom is 0.261 e. The number of thiophene rings is 1. The number of aliphatic hydroxyl groups excluding tert-OH is 1. The Morgan fingerprint density at radius 2 is 2.00 bits per heavy atom. The van der Waals surface area contributed by atoms with Crippen molar-refractivity contribution in [3.8, 4) is 0 Å². The van der Waals surface area contributed by atoms with Crippen molar-refractivity contribution >= 4 is 23.0 Å². The fourth-order valence-electron chi connectivity index (χ4n) is 1.79. The van der Waals surface area contributed by atoms with Gasteiger partial charge in [-0.05, 0) is 18.6 Å².